The average molecular weight is 287 g/mol. The quantitative estimate of drug-likeness (QED) is 0.375. The molecule has 0 aliphatic heterocycles. The van der Waals surface area contributed by atoms with Crippen LogP contribution in [-0.2, 0) is 6.54 Å². The molecule has 0 atom stereocenters. The van der Waals surface area contributed by atoms with Crippen LogP contribution in [0.5, 0.6) is 0 Å². The van der Waals surface area contributed by atoms with Gasteiger partial charge in [-0.3, -0.25) is 4.68 Å². The van der Waals surface area contributed by atoms with Crippen molar-refractivity contribution in [2.24, 2.45) is 4.99 Å². The Bertz CT molecular complexity index is 651. The summed E-state index contributed by atoms with van der Waals surface area (Å²) in [5.74, 6) is -5.65. The molecule has 0 saturated carbocycles. The van der Waals surface area contributed by atoms with E-state index in [-0.39, 0.29) is 11.9 Å². The van der Waals surface area contributed by atoms with Crippen LogP contribution in [-0.4, -0.2) is 14.9 Å². The van der Waals surface area contributed by atoms with Crippen molar-refractivity contribution in [3.8, 4) is 0 Å². The van der Waals surface area contributed by atoms with E-state index in [0.29, 0.717) is 0 Å². The molecule has 0 unspecified atom stereocenters. The SMILES string of the molecule is Fc1cc(F)c(F)c(Cn2ccc(N=C=S)n2)c1F. The van der Waals surface area contributed by atoms with Crippen LogP contribution in [0.1, 0.15) is 5.56 Å². The van der Waals surface area contributed by atoms with Gasteiger partial charge < -0.3 is 0 Å². The zero-order valence-electron chi connectivity index (χ0n) is 9.20. The third-order valence-corrected chi connectivity index (χ3v) is 2.40. The van der Waals surface area contributed by atoms with Gasteiger partial charge in [-0.05, 0) is 12.2 Å². The molecule has 8 heteroatoms. The Balaban J connectivity index is 2.40. The Morgan fingerprint density at radius 1 is 1.21 bits per heavy atom. The lowest BCUT2D eigenvalue weighted by molar-refractivity contribution is 0.431. The summed E-state index contributed by atoms with van der Waals surface area (Å²) >= 11 is 4.36. The monoisotopic (exact) mass is 287 g/mol. The minimum absolute atomic E-state index is 0.152. The Hall–Kier alpha value is -2.05. The van der Waals surface area contributed by atoms with Gasteiger partial charge in [-0.1, -0.05) is 0 Å². The van der Waals surface area contributed by atoms with E-state index in [4.69, 9.17) is 0 Å². The highest BCUT2D eigenvalue weighted by molar-refractivity contribution is 7.78. The van der Waals surface area contributed by atoms with Gasteiger partial charge in [0, 0.05) is 18.3 Å². The molecule has 19 heavy (non-hydrogen) atoms. The van der Waals surface area contributed by atoms with E-state index < -0.39 is 35.4 Å². The second kappa shape index (κ2) is 5.29. The molecule has 1 aromatic heterocycles. The van der Waals surface area contributed by atoms with E-state index in [2.05, 4.69) is 27.5 Å². The molecule has 1 aromatic carbocycles. The van der Waals surface area contributed by atoms with Crippen LogP contribution in [0, 0.1) is 23.3 Å². The molecule has 98 valence electrons. The number of hydrogen-bond acceptors (Lipinski definition) is 3. The van der Waals surface area contributed by atoms with E-state index in [1.54, 1.807) is 0 Å². The lowest BCUT2D eigenvalue weighted by Crippen LogP contribution is -2.08. The summed E-state index contributed by atoms with van der Waals surface area (Å²) < 4.78 is 53.9. The van der Waals surface area contributed by atoms with Gasteiger partial charge in [0.05, 0.1) is 17.3 Å². The van der Waals surface area contributed by atoms with Crippen LogP contribution in [0.3, 0.4) is 0 Å². The highest BCUT2D eigenvalue weighted by atomic mass is 32.1. The van der Waals surface area contributed by atoms with Crippen molar-refractivity contribution < 1.29 is 17.6 Å². The standard InChI is InChI=1S/C11H5F4N3S/c12-7-3-8(13)11(15)6(10(7)14)4-18-2-1-9(17-18)16-5-19/h1-3H,4H2. The lowest BCUT2D eigenvalue weighted by Gasteiger charge is -2.06. The van der Waals surface area contributed by atoms with Crippen molar-refractivity contribution in [2.75, 3.05) is 0 Å². The molecule has 2 rings (SSSR count). The Kier molecular flexibility index (Phi) is 3.73. The average Bonchev–Trinajstić information content (AvgIpc) is 2.80. The van der Waals surface area contributed by atoms with E-state index in [1.165, 1.54) is 12.3 Å². The molecule has 0 aliphatic rings. The number of nitrogens with zero attached hydrogens (tertiary/aromatic N) is 3. The summed E-state index contributed by atoms with van der Waals surface area (Å²) in [6.45, 7) is -0.473. The first-order chi connectivity index (χ1) is 9.02. The summed E-state index contributed by atoms with van der Waals surface area (Å²) in [6, 6.07) is 1.56. The van der Waals surface area contributed by atoms with Gasteiger partial charge in [-0.2, -0.15) is 10.1 Å². The number of aliphatic imine (C=N–C) groups is 1. The van der Waals surface area contributed by atoms with Crippen LogP contribution in [0.15, 0.2) is 23.3 Å². The van der Waals surface area contributed by atoms with E-state index >= 15 is 0 Å². The van der Waals surface area contributed by atoms with Crippen molar-refractivity contribution in [1.82, 2.24) is 9.78 Å². The Morgan fingerprint density at radius 2 is 1.84 bits per heavy atom. The van der Waals surface area contributed by atoms with Crippen molar-refractivity contribution >= 4 is 23.2 Å². The molecule has 2 aromatic rings. The maximum absolute atomic E-state index is 13.4. The molecule has 0 bridgehead atoms. The smallest absolute Gasteiger partial charge is 0.184 e. The van der Waals surface area contributed by atoms with Crippen LogP contribution >= 0.6 is 12.2 Å². The van der Waals surface area contributed by atoms with Crippen molar-refractivity contribution in [3.05, 3.63) is 47.2 Å². The Morgan fingerprint density at radius 3 is 2.42 bits per heavy atom. The van der Waals surface area contributed by atoms with Gasteiger partial charge >= 0.3 is 0 Å². The molecular weight excluding hydrogens is 282 g/mol. The molecule has 0 aliphatic carbocycles. The Labute approximate surface area is 110 Å². The maximum Gasteiger partial charge on any atom is 0.184 e. The van der Waals surface area contributed by atoms with E-state index in [1.807, 2.05) is 0 Å². The van der Waals surface area contributed by atoms with Gasteiger partial charge in [-0.15, -0.1) is 0 Å². The van der Waals surface area contributed by atoms with Gasteiger partial charge in [0.25, 0.3) is 0 Å². The molecular formula is C11H5F4N3S. The molecule has 3 nitrogen and oxygen atoms in total. The fraction of sp³-hybridized carbons (Fsp3) is 0.0909. The lowest BCUT2D eigenvalue weighted by atomic mass is 10.2. The molecule has 0 spiro atoms. The third kappa shape index (κ3) is 2.69. The number of hydrogen-bond donors (Lipinski definition) is 0. The van der Waals surface area contributed by atoms with Gasteiger partial charge in [0.2, 0.25) is 0 Å². The first-order valence-corrected chi connectivity index (χ1v) is 5.37. The largest absolute Gasteiger partial charge is 0.266 e. The zero-order valence-corrected chi connectivity index (χ0v) is 10.0. The minimum Gasteiger partial charge on any atom is -0.266 e. The highest BCUT2D eigenvalue weighted by Crippen LogP contribution is 2.20. The third-order valence-electron chi connectivity index (χ3n) is 2.31. The zero-order chi connectivity index (χ0) is 14.0. The fourth-order valence-electron chi connectivity index (χ4n) is 1.47. The first kappa shape index (κ1) is 13.4. The van der Waals surface area contributed by atoms with Crippen molar-refractivity contribution in [2.45, 2.75) is 6.54 Å². The van der Waals surface area contributed by atoms with E-state index in [9.17, 15) is 17.6 Å². The summed E-state index contributed by atoms with van der Waals surface area (Å²) in [7, 11) is 0. The number of thiocarbonyl (C=S) groups is 1. The number of isothiocyanates is 1. The second-order valence-corrected chi connectivity index (χ2v) is 3.70. The fourth-order valence-corrected chi connectivity index (χ4v) is 1.56. The van der Waals surface area contributed by atoms with Crippen molar-refractivity contribution in [1.29, 1.82) is 0 Å². The van der Waals surface area contributed by atoms with Crippen LogP contribution in [0.25, 0.3) is 0 Å². The number of aromatic nitrogens is 2. The van der Waals surface area contributed by atoms with Gasteiger partial charge in [0.15, 0.2) is 29.1 Å². The predicted octanol–water partition coefficient (Wildman–Crippen LogP) is 3.22. The second-order valence-electron chi connectivity index (χ2n) is 3.52. The van der Waals surface area contributed by atoms with Crippen LogP contribution in [0.4, 0.5) is 23.4 Å². The normalized spacial score (nSPS) is 10.3. The molecule has 0 saturated heterocycles. The van der Waals surface area contributed by atoms with Gasteiger partial charge in [0.1, 0.15) is 0 Å². The molecule has 0 N–H and O–H groups in total. The highest BCUT2D eigenvalue weighted by Gasteiger charge is 2.19. The van der Waals surface area contributed by atoms with E-state index in [0.717, 1.165) is 4.68 Å². The topological polar surface area (TPSA) is 30.2 Å². The first-order valence-electron chi connectivity index (χ1n) is 4.96. The van der Waals surface area contributed by atoms with Crippen LogP contribution in [0.2, 0.25) is 0 Å². The van der Waals surface area contributed by atoms with Gasteiger partial charge in [-0.25, -0.2) is 17.6 Å². The number of rotatable bonds is 3. The summed E-state index contributed by atoms with van der Waals surface area (Å²) in [6.07, 6.45) is 1.34. The summed E-state index contributed by atoms with van der Waals surface area (Å²) in [5.41, 5.74) is -0.751. The van der Waals surface area contributed by atoms with Crippen molar-refractivity contribution in [3.63, 3.8) is 0 Å². The molecule has 0 radical (unpaired) electrons. The number of benzene rings is 1. The number of halogens is 4. The molecule has 0 amide bonds. The summed E-state index contributed by atoms with van der Waals surface area (Å²) in [5, 5.41) is 5.85. The molecule has 1 heterocycles. The predicted molar refractivity (Wildman–Crippen MR) is 62.3 cm³/mol. The summed E-state index contributed by atoms with van der Waals surface area (Å²) in [4.78, 5) is 3.55. The maximum atomic E-state index is 13.4. The molecule has 0 fully saturated rings. The minimum atomic E-state index is -1.46. The van der Waals surface area contributed by atoms with Crippen LogP contribution < -0.4 is 0 Å².